The molecular formula is C5H12O2S. The van der Waals surface area contributed by atoms with Crippen molar-refractivity contribution < 1.29 is 10.2 Å². The molecule has 0 aliphatic rings. The van der Waals surface area contributed by atoms with Gasteiger partial charge < -0.3 is 10.2 Å². The van der Waals surface area contributed by atoms with E-state index >= 15 is 0 Å². The van der Waals surface area contributed by atoms with E-state index in [4.69, 9.17) is 10.2 Å². The van der Waals surface area contributed by atoms with Gasteiger partial charge >= 0.3 is 0 Å². The predicted molar refractivity (Wildman–Crippen MR) is 36.1 cm³/mol. The third-order valence-electron chi connectivity index (χ3n) is 1.16. The molecule has 0 heterocycles. The van der Waals surface area contributed by atoms with Crippen LogP contribution in [0.1, 0.15) is 6.92 Å². The second kappa shape index (κ2) is 3.33. The SMILES string of the molecule is CSC(C)(CO)CO. The molecule has 0 radical (unpaired) electrons. The van der Waals surface area contributed by atoms with Gasteiger partial charge in [-0.05, 0) is 13.2 Å². The number of hydrogen-bond acceptors (Lipinski definition) is 3. The van der Waals surface area contributed by atoms with Gasteiger partial charge in [-0.15, -0.1) is 0 Å². The molecule has 3 heteroatoms. The average Bonchev–Trinajstić information content (AvgIpc) is 1.87. The van der Waals surface area contributed by atoms with Crippen LogP contribution in [0.3, 0.4) is 0 Å². The lowest BCUT2D eigenvalue weighted by Gasteiger charge is -2.20. The van der Waals surface area contributed by atoms with Crippen LogP contribution in [0.2, 0.25) is 0 Å². The van der Waals surface area contributed by atoms with Crippen LogP contribution in [0.4, 0.5) is 0 Å². The van der Waals surface area contributed by atoms with Gasteiger partial charge in [-0.25, -0.2) is 0 Å². The van der Waals surface area contributed by atoms with Crippen LogP contribution in [0, 0.1) is 0 Å². The Balaban J connectivity index is 3.58. The van der Waals surface area contributed by atoms with Crippen LogP contribution in [0.25, 0.3) is 0 Å². The highest BCUT2D eigenvalue weighted by atomic mass is 32.2. The van der Waals surface area contributed by atoms with E-state index in [9.17, 15) is 0 Å². The van der Waals surface area contributed by atoms with Crippen molar-refractivity contribution in [3.8, 4) is 0 Å². The van der Waals surface area contributed by atoms with E-state index in [2.05, 4.69) is 0 Å². The highest BCUT2D eigenvalue weighted by molar-refractivity contribution is 8.00. The van der Waals surface area contributed by atoms with Crippen molar-refractivity contribution in [1.29, 1.82) is 0 Å². The van der Waals surface area contributed by atoms with Crippen LogP contribution < -0.4 is 0 Å². The number of rotatable bonds is 3. The van der Waals surface area contributed by atoms with Gasteiger partial charge in [-0.2, -0.15) is 11.8 Å². The van der Waals surface area contributed by atoms with Crippen molar-refractivity contribution in [3.63, 3.8) is 0 Å². The van der Waals surface area contributed by atoms with Gasteiger partial charge in [0.15, 0.2) is 0 Å². The van der Waals surface area contributed by atoms with E-state index in [0.29, 0.717) is 0 Å². The monoisotopic (exact) mass is 136 g/mol. The minimum atomic E-state index is -0.347. The molecule has 0 fully saturated rings. The summed E-state index contributed by atoms with van der Waals surface area (Å²) in [6, 6.07) is 0. The Morgan fingerprint density at radius 3 is 1.75 bits per heavy atom. The Labute approximate surface area is 53.9 Å². The zero-order valence-electron chi connectivity index (χ0n) is 5.22. The summed E-state index contributed by atoms with van der Waals surface area (Å²) in [7, 11) is 0. The summed E-state index contributed by atoms with van der Waals surface area (Å²) in [5, 5.41) is 17.2. The van der Waals surface area contributed by atoms with E-state index in [1.807, 2.05) is 13.2 Å². The molecule has 0 spiro atoms. The highest BCUT2D eigenvalue weighted by Crippen LogP contribution is 2.19. The first-order chi connectivity index (χ1) is 3.68. The lowest BCUT2D eigenvalue weighted by atomic mass is 10.2. The Hall–Kier alpha value is 0.270. The lowest BCUT2D eigenvalue weighted by molar-refractivity contribution is 0.183. The van der Waals surface area contributed by atoms with Crippen LogP contribution in [-0.2, 0) is 0 Å². The van der Waals surface area contributed by atoms with Gasteiger partial charge in [0.1, 0.15) is 0 Å². The van der Waals surface area contributed by atoms with Crippen molar-refractivity contribution in [2.75, 3.05) is 19.5 Å². The molecule has 0 atom stereocenters. The summed E-state index contributed by atoms with van der Waals surface area (Å²) in [5.74, 6) is 0. The average molecular weight is 136 g/mol. The molecule has 50 valence electrons. The van der Waals surface area contributed by atoms with Crippen LogP contribution in [0.15, 0.2) is 0 Å². The zero-order chi connectivity index (χ0) is 6.62. The quantitative estimate of drug-likeness (QED) is 0.578. The fourth-order valence-electron chi connectivity index (χ4n) is 0.179. The van der Waals surface area contributed by atoms with Crippen LogP contribution >= 0.6 is 11.8 Å². The van der Waals surface area contributed by atoms with E-state index in [1.165, 1.54) is 11.8 Å². The minimum absolute atomic E-state index is 0.0324. The van der Waals surface area contributed by atoms with Crippen molar-refractivity contribution in [3.05, 3.63) is 0 Å². The van der Waals surface area contributed by atoms with Gasteiger partial charge in [-0.3, -0.25) is 0 Å². The van der Waals surface area contributed by atoms with Gasteiger partial charge in [0, 0.05) is 0 Å². The molecule has 0 aliphatic carbocycles. The molecule has 0 saturated heterocycles. The summed E-state index contributed by atoms with van der Waals surface area (Å²) < 4.78 is -0.347. The first kappa shape index (κ1) is 8.27. The normalized spacial score (nSPS) is 12.0. The molecule has 2 nitrogen and oxygen atoms in total. The Morgan fingerprint density at radius 1 is 1.38 bits per heavy atom. The second-order valence-electron chi connectivity index (χ2n) is 1.97. The van der Waals surface area contributed by atoms with Crippen LogP contribution in [0.5, 0.6) is 0 Å². The number of aliphatic hydroxyl groups excluding tert-OH is 2. The fraction of sp³-hybridized carbons (Fsp3) is 1.00. The maximum absolute atomic E-state index is 8.60. The second-order valence-corrected chi connectivity index (χ2v) is 3.36. The third kappa shape index (κ3) is 2.03. The molecule has 0 saturated carbocycles. The predicted octanol–water partition coefficient (Wildman–Crippen LogP) is 0.0927. The fourth-order valence-corrected chi connectivity index (χ4v) is 0.437. The maximum Gasteiger partial charge on any atom is 0.0597 e. The Bertz CT molecular complexity index is 53.2. The third-order valence-corrected chi connectivity index (χ3v) is 2.41. The van der Waals surface area contributed by atoms with Gasteiger partial charge in [0.2, 0.25) is 0 Å². The van der Waals surface area contributed by atoms with E-state index < -0.39 is 0 Å². The molecule has 0 unspecified atom stereocenters. The van der Waals surface area contributed by atoms with Gasteiger partial charge in [0.25, 0.3) is 0 Å². The smallest absolute Gasteiger partial charge is 0.0597 e. The molecule has 0 aromatic carbocycles. The summed E-state index contributed by atoms with van der Waals surface area (Å²) in [4.78, 5) is 0. The minimum Gasteiger partial charge on any atom is -0.395 e. The summed E-state index contributed by atoms with van der Waals surface area (Å²) in [5.41, 5.74) is 0. The lowest BCUT2D eigenvalue weighted by Crippen LogP contribution is -2.29. The largest absolute Gasteiger partial charge is 0.395 e. The van der Waals surface area contributed by atoms with Gasteiger partial charge in [0.05, 0.1) is 18.0 Å². The van der Waals surface area contributed by atoms with Crippen LogP contribution in [-0.4, -0.2) is 34.4 Å². The molecule has 8 heavy (non-hydrogen) atoms. The highest BCUT2D eigenvalue weighted by Gasteiger charge is 2.19. The number of thioether (sulfide) groups is 1. The number of hydrogen-bond donors (Lipinski definition) is 2. The van der Waals surface area contributed by atoms with E-state index in [1.54, 1.807) is 0 Å². The summed E-state index contributed by atoms with van der Waals surface area (Å²) in [6.45, 7) is 1.88. The molecule has 2 N–H and O–H groups in total. The van der Waals surface area contributed by atoms with E-state index in [-0.39, 0.29) is 18.0 Å². The first-order valence-electron chi connectivity index (χ1n) is 2.45. The van der Waals surface area contributed by atoms with E-state index in [0.717, 1.165) is 0 Å². The molecule has 0 aliphatic heterocycles. The summed E-state index contributed by atoms with van der Waals surface area (Å²) >= 11 is 1.47. The standard InChI is InChI=1S/C5H12O2S/c1-5(3-6,4-7)8-2/h6-7H,3-4H2,1-2H3. The van der Waals surface area contributed by atoms with Gasteiger partial charge in [-0.1, -0.05) is 0 Å². The molecule has 0 aromatic heterocycles. The van der Waals surface area contributed by atoms with Crippen molar-refractivity contribution in [1.82, 2.24) is 0 Å². The first-order valence-corrected chi connectivity index (χ1v) is 3.68. The Kier molecular flexibility index (Phi) is 3.44. The van der Waals surface area contributed by atoms with Crippen molar-refractivity contribution >= 4 is 11.8 Å². The molecule has 0 bridgehead atoms. The van der Waals surface area contributed by atoms with Crippen molar-refractivity contribution in [2.45, 2.75) is 11.7 Å². The Morgan fingerprint density at radius 2 is 1.75 bits per heavy atom. The number of aliphatic hydroxyl groups is 2. The molecule has 0 rings (SSSR count). The maximum atomic E-state index is 8.60. The zero-order valence-corrected chi connectivity index (χ0v) is 6.03. The van der Waals surface area contributed by atoms with Crippen molar-refractivity contribution in [2.24, 2.45) is 0 Å². The topological polar surface area (TPSA) is 40.5 Å². The molecule has 0 amide bonds. The molecule has 0 aromatic rings. The summed E-state index contributed by atoms with van der Waals surface area (Å²) in [6.07, 6.45) is 1.87. The molecular weight excluding hydrogens is 124 g/mol.